The molecule has 9 heteroatoms. The number of nitrogens with one attached hydrogen (secondary N) is 2. The first-order chi connectivity index (χ1) is 14.3. The zero-order chi connectivity index (χ0) is 21.3. The number of aromatic nitrogens is 3. The van der Waals surface area contributed by atoms with Gasteiger partial charge in [0.1, 0.15) is 17.2 Å². The third-order valence-corrected chi connectivity index (χ3v) is 5.87. The van der Waals surface area contributed by atoms with Crippen molar-refractivity contribution in [3.8, 4) is 0 Å². The Morgan fingerprint density at radius 1 is 1.03 bits per heavy atom. The summed E-state index contributed by atoms with van der Waals surface area (Å²) < 4.78 is 29.1. The Kier molecular flexibility index (Phi) is 4.96. The van der Waals surface area contributed by atoms with Gasteiger partial charge in [-0.25, -0.2) is 18.4 Å². The Morgan fingerprint density at radius 2 is 1.80 bits per heavy atom. The molecule has 0 saturated heterocycles. The van der Waals surface area contributed by atoms with Gasteiger partial charge in [0.15, 0.2) is 0 Å². The Balaban J connectivity index is 1.54. The molecule has 2 N–H and O–H groups in total. The van der Waals surface area contributed by atoms with E-state index in [0.29, 0.717) is 22.7 Å². The fourth-order valence-corrected chi connectivity index (χ4v) is 4.07. The normalized spacial score (nSPS) is 11.4. The van der Waals surface area contributed by atoms with Gasteiger partial charge in [-0.15, -0.1) is 0 Å². The summed E-state index contributed by atoms with van der Waals surface area (Å²) in [6, 6.07) is 14.7. The van der Waals surface area contributed by atoms with Crippen molar-refractivity contribution in [2.75, 3.05) is 10.0 Å². The number of hydrogen-bond acceptors (Lipinski definition) is 5. The highest BCUT2D eigenvalue weighted by molar-refractivity contribution is 7.92. The van der Waals surface area contributed by atoms with Crippen LogP contribution in [0.25, 0.3) is 5.65 Å². The van der Waals surface area contributed by atoms with Crippen molar-refractivity contribution >= 4 is 33.1 Å². The van der Waals surface area contributed by atoms with Crippen molar-refractivity contribution < 1.29 is 13.2 Å². The third kappa shape index (κ3) is 3.87. The van der Waals surface area contributed by atoms with Crippen LogP contribution in [-0.4, -0.2) is 28.7 Å². The number of aryl methyl sites for hydroxylation is 2. The minimum atomic E-state index is -3.78. The lowest BCUT2D eigenvalue weighted by Gasteiger charge is -2.09. The maximum Gasteiger partial charge on any atom is 0.274 e. The van der Waals surface area contributed by atoms with Crippen LogP contribution in [0.5, 0.6) is 0 Å². The molecule has 3 aromatic heterocycles. The van der Waals surface area contributed by atoms with Crippen molar-refractivity contribution in [1.29, 1.82) is 0 Å². The highest BCUT2D eigenvalue weighted by Crippen LogP contribution is 2.19. The van der Waals surface area contributed by atoms with E-state index in [2.05, 4.69) is 20.0 Å². The number of anilines is 2. The molecule has 1 aromatic carbocycles. The Bertz CT molecular complexity index is 1330. The molecule has 0 saturated carbocycles. The van der Waals surface area contributed by atoms with E-state index in [1.165, 1.54) is 30.5 Å². The first-order valence-corrected chi connectivity index (χ1v) is 10.6. The van der Waals surface area contributed by atoms with E-state index < -0.39 is 10.0 Å². The van der Waals surface area contributed by atoms with Gasteiger partial charge >= 0.3 is 0 Å². The Labute approximate surface area is 173 Å². The molecular formula is C21H19N5O3S. The van der Waals surface area contributed by atoms with E-state index in [4.69, 9.17) is 0 Å². The van der Waals surface area contributed by atoms with Crippen molar-refractivity contribution in [3.63, 3.8) is 0 Å². The smallest absolute Gasteiger partial charge is 0.274 e. The molecule has 0 aliphatic heterocycles. The number of nitrogens with zero attached hydrogens (tertiary/aromatic N) is 3. The predicted octanol–water partition coefficient (Wildman–Crippen LogP) is 3.40. The van der Waals surface area contributed by atoms with Gasteiger partial charge in [0.25, 0.3) is 15.9 Å². The van der Waals surface area contributed by atoms with E-state index >= 15 is 0 Å². The fraction of sp³-hybridized carbons (Fsp3) is 0.0952. The summed E-state index contributed by atoms with van der Waals surface area (Å²) in [5.74, 6) is -0.0979. The molecule has 0 fully saturated rings. The molecule has 1 amide bonds. The maximum atomic E-state index is 12.8. The van der Waals surface area contributed by atoms with Crippen LogP contribution in [0, 0.1) is 13.8 Å². The highest BCUT2D eigenvalue weighted by atomic mass is 32.2. The van der Waals surface area contributed by atoms with E-state index in [0.717, 1.165) is 5.56 Å². The third-order valence-electron chi connectivity index (χ3n) is 4.50. The zero-order valence-electron chi connectivity index (χ0n) is 16.3. The van der Waals surface area contributed by atoms with Crippen molar-refractivity contribution in [2.45, 2.75) is 18.7 Å². The number of amides is 1. The second kappa shape index (κ2) is 7.60. The standard InChI is InChI=1S/C21H19N5O3S/c1-14-10-12-26-19(13-14)23-15(2)20(26)21(27)24-16-6-8-17(9-7-16)30(28,29)25-18-5-3-4-11-22-18/h3-13H,1-2H3,(H,22,25)(H,24,27). The van der Waals surface area contributed by atoms with Crippen LogP contribution in [0.3, 0.4) is 0 Å². The molecule has 0 aliphatic rings. The lowest BCUT2D eigenvalue weighted by molar-refractivity contribution is 0.102. The van der Waals surface area contributed by atoms with E-state index in [9.17, 15) is 13.2 Å². The van der Waals surface area contributed by atoms with Crippen molar-refractivity contribution in [2.24, 2.45) is 0 Å². The van der Waals surface area contributed by atoms with Crippen molar-refractivity contribution in [1.82, 2.24) is 14.4 Å². The summed E-state index contributed by atoms with van der Waals surface area (Å²) in [6.07, 6.45) is 3.30. The quantitative estimate of drug-likeness (QED) is 0.514. The molecule has 0 unspecified atom stereocenters. The van der Waals surface area contributed by atoms with Gasteiger partial charge in [0, 0.05) is 18.1 Å². The largest absolute Gasteiger partial charge is 0.321 e. The van der Waals surface area contributed by atoms with Gasteiger partial charge in [0.05, 0.1) is 10.6 Å². The summed E-state index contributed by atoms with van der Waals surface area (Å²) in [5, 5.41) is 2.79. The molecule has 0 spiro atoms. The second-order valence-electron chi connectivity index (χ2n) is 6.78. The van der Waals surface area contributed by atoms with E-state index in [1.54, 1.807) is 35.7 Å². The molecule has 3 heterocycles. The molecule has 8 nitrogen and oxygen atoms in total. The molecule has 0 aliphatic carbocycles. The van der Waals surface area contributed by atoms with Crippen LogP contribution >= 0.6 is 0 Å². The average molecular weight is 421 g/mol. The van der Waals surface area contributed by atoms with Crippen LogP contribution in [-0.2, 0) is 10.0 Å². The lowest BCUT2D eigenvalue weighted by atomic mass is 10.2. The predicted molar refractivity (Wildman–Crippen MR) is 114 cm³/mol. The topological polar surface area (TPSA) is 105 Å². The molecule has 4 aromatic rings. The maximum absolute atomic E-state index is 12.8. The number of rotatable bonds is 5. The summed E-state index contributed by atoms with van der Waals surface area (Å²) >= 11 is 0. The van der Waals surface area contributed by atoms with Gasteiger partial charge in [-0.1, -0.05) is 6.07 Å². The first kappa shape index (κ1) is 19.6. The zero-order valence-corrected chi connectivity index (χ0v) is 17.1. The molecular weight excluding hydrogens is 402 g/mol. The number of hydrogen-bond donors (Lipinski definition) is 2. The second-order valence-corrected chi connectivity index (χ2v) is 8.46. The number of carbonyl (C=O) groups excluding carboxylic acids is 1. The van der Waals surface area contributed by atoms with Crippen LogP contribution < -0.4 is 10.0 Å². The number of pyridine rings is 2. The van der Waals surface area contributed by atoms with Gasteiger partial charge < -0.3 is 5.32 Å². The van der Waals surface area contributed by atoms with Crippen molar-refractivity contribution in [3.05, 3.63) is 83.9 Å². The Hall–Kier alpha value is -3.72. The van der Waals surface area contributed by atoms with E-state index in [1.807, 2.05) is 19.1 Å². The van der Waals surface area contributed by atoms with Crippen LogP contribution in [0.15, 0.2) is 71.9 Å². The molecule has 0 radical (unpaired) electrons. The van der Waals surface area contributed by atoms with Gasteiger partial charge in [0.2, 0.25) is 0 Å². The number of fused-ring (bicyclic) bond motifs is 1. The SMILES string of the molecule is Cc1ccn2c(C(=O)Nc3ccc(S(=O)(=O)Nc4ccccn4)cc3)c(C)nc2c1. The number of sulfonamides is 1. The molecule has 30 heavy (non-hydrogen) atoms. The minimum Gasteiger partial charge on any atom is -0.321 e. The minimum absolute atomic E-state index is 0.0626. The summed E-state index contributed by atoms with van der Waals surface area (Å²) in [4.78, 5) is 21.3. The number of benzene rings is 1. The molecule has 4 rings (SSSR count). The summed E-state index contributed by atoms with van der Waals surface area (Å²) in [7, 11) is -3.78. The fourth-order valence-electron chi connectivity index (χ4n) is 3.07. The summed E-state index contributed by atoms with van der Waals surface area (Å²) in [5.41, 5.74) is 3.25. The number of carbonyl (C=O) groups is 1. The lowest BCUT2D eigenvalue weighted by Crippen LogP contribution is -2.16. The van der Waals surface area contributed by atoms with Crippen LogP contribution in [0.1, 0.15) is 21.7 Å². The summed E-state index contributed by atoms with van der Waals surface area (Å²) in [6.45, 7) is 3.73. The van der Waals surface area contributed by atoms with Crippen LogP contribution in [0.4, 0.5) is 11.5 Å². The molecule has 152 valence electrons. The average Bonchev–Trinajstić information content (AvgIpc) is 3.03. The van der Waals surface area contributed by atoms with Gasteiger partial charge in [-0.3, -0.25) is 13.9 Å². The Morgan fingerprint density at radius 3 is 2.50 bits per heavy atom. The highest BCUT2D eigenvalue weighted by Gasteiger charge is 2.18. The first-order valence-electron chi connectivity index (χ1n) is 9.14. The molecule has 0 bridgehead atoms. The monoisotopic (exact) mass is 421 g/mol. The van der Waals surface area contributed by atoms with Gasteiger partial charge in [-0.05, 0) is 67.9 Å². The van der Waals surface area contributed by atoms with Gasteiger partial charge in [-0.2, -0.15) is 0 Å². The van der Waals surface area contributed by atoms with Crippen LogP contribution in [0.2, 0.25) is 0 Å². The molecule has 0 atom stereocenters. The number of imidazole rings is 1. The van der Waals surface area contributed by atoms with E-state index in [-0.39, 0.29) is 16.6 Å².